The Labute approximate surface area is 188 Å². The van der Waals surface area contributed by atoms with Crippen molar-refractivity contribution >= 4 is 11.8 Å². The Bertz CT molecular complexity index is 1060. The normalized spacial score (nSPS) is 15.2. The predicted octanol–water partition coefficient (Wildman–Crippen LogP) is 3.46. The fourth-order valence-corrected chi connectivity index (χ4v) is 4.30. The first kappa shape index (κ1) is 21.6. The molecule has 2 N–H and O–H groups in total. The molecule has 2 amide bonds. The van der Waals surface area contributed by atoms with E-state index in [1.807, 2.05) is 60.7 Å². The summed E-state index contributed by atoms with van der Waals surface area (Å²) in [4.78, 5) is 31.1. The zero-order chi connectivity index (χ0) is 22.4. The lowest BCUT2D eigenvalue weighted by molar-refractivity contribution is -0.140. The third-order valence-electron chi connectivity index (χ3n) is 6.24. The number of carbonyl (C=O) groups is 2. The Hall–Kier alpha value is -3.67. The summed E-state index contributed by atoms with van der Waals surface area (Å²) in [5.74, 6) is 0.274. The lowest BCUT2D eigenvalue weighted by Gasteiger charge is -2.40. The Kier molecular flexibility index (Phi) is 6.50. The van der Waals surface area contributed by atoms with Gasteiger partial charge in [-0.2, -0.15) is 0 Å². The van der Waals surface area contributed by atoms with E-state index in [1.165, 1.54) is 0 Å². The number of likely N-dealkylation sites (tertiary alicyclic amines) is 1. The first-order valence-corrected chi connectivity index (χ1v) is 10.8. The van der Waals surface area contributed by atoms with E-state index in [4.69, 9.17) is 10.5 Å². The Morgan fingerprint density at radius 3 is 2.28 bits per heavy atom. The summed E-state index contributed by atoms with van der Waals surface area (Å²) < 4.78 is 5.59. The molecule has 6 heteroatoms. The fourth-order valence-electron chi connectivity index (χ4n) is 4.30. The van der Waals surface area contributed by atoms with Crippen molar-refractivity contribution in [1.29, 1.82) is 0 Å². The Morgan fingerprint density at radius 2 is 1.59 bits per heavy atom. The van der Waals surface area contributed by atoms with Gasteiger partial charge in [-0.25, -0.2) is 0 Å². The first-order valence-electron chi connectivity index (χ1n) is 10.8. The van der Waals surface area contributed by atoms with Gasteiger partial charge in [-0.05, 0) is 60.2 Å². The fraction of sp³-hybridized carbons (Fsp3) is 0.269. The van der Waals surface area contributed by atoms with Crippen molar-refractivity contribution in [1.82, 2.24) is 9.88 Å². The van der Waals surface area contributed by atoms with Crippen molar-refractivity contribution < 1.29 is 14.3 Å². The smallest absolute Gasteiger partial charge is 0.260 e. The van der Waals surface area contributed by atoms with E-state index in [2.05, 4.69) is 11.1 Å². The first-order chi connectivity index (χ1) is 15.6. The number of rotatable bonds is 7. The van der Waals surface area contributed by atoms with Crippen LogP contribution in [0.3, 0.4) is 0 Å². The average molecular weight is 430 g/mol. The molecule has 1 aliphatic rings. The van der Waals surface area contributed by atoms with Gasteiger partial charge in [0.1, 0.15) is 5.75 Å². The van der Waals surface area contributed by atoms with E-state index in [9.17, 15) is 9.59 Å². The molecule has 0 unspecified atom stereocenters. The second kappa shape index (κ2) is 9.64. The molecule has 0 saturated carbocycles. The van der Waals surface area contributed by atoms with Gasteiger partial charge in [0, 0.05) is 25.5 Å². The number of benzene rings is 2. The van der Waals surface area contributed by atoms with Gasteiger partial charge in [-0.1, -0.05) is 42.5 Å². The van der Waals surface area contributed by atoms with Gasteiger partial charge in [0.2, 0.25) is 5.91 Å². The molecule has 1 aliphatic heterocycles. The minimum Gasteiger partial charge on any atom is -0.484 e. The molecule has 1 saturated heterocycles. The second-order valence-corrected chi connectivity index (χ2v) is 8.20. The van der Waals surface area contributed by atoms with Gasteiger partial charge in [-0.15, -0.1) is 0 Å². The number of para-hydroxylation sites is 1. The molecule has 2 heterocycles. The molecule has 0 aliphatic carbocycles. The number of nitrogens with zero attached hydrogens (tertiary/aromatic N) is 2. The number of pyridine rings is 1. The maximum Gasteiger partial charge on any atom is 0.260 e. The van der Waals surface area contributed by atoms with Crippen LogP contribution in [0, 0.1) is 5.41 Å². The Balaban J connectivity index is 1.44. The average Bonchev–Trinajstić information content (AvgIpc) is 2.84. The van der Waals surface area contributed by atoms with Gasteiger partial charge in [0.25, 0.3) is 5.91 Å². The molecule has 1 aromatic heterocycles. The third-order valence-corrected chi connectivity index (χ3v) is 6.24. The number of ether oxygens (including phenoxy) is 1. The van der Waals surface area contributed by atoms with E-state index in [0.717, 1.165) is 16.7 Å². The van der Waals surface area contributed by atoms with Gasteiger partial charge in [-0.3, -0.25) is 14.6 Å². The van der Waals surface area contributed by atoms with Crippen LogP contribution >= 0.6 is 0 Å². The maximum atomic E-state index is 12.6. The molecule has 0 radical (unpaired) electrons. The van der Waals surface area contributed by atoms with Crippen molar-refractivity contribution in [2.24, 2.45) is 11.1 Å². The summed E-state index contributed by atoms with van der Waals surface area (Å²) in [6, 6.07) is 21.3. The molecule has 0 bridgehead atoms. The maximum absolute atomic E-state index is 12.6. The van der Waals surface area contributed by atoms with Crippen LogP contribution in [0.15, 0.2) is 79.1 Å². The molecule has 4 rings (SSSR count). The second-order valence-electron chi connectivity index (χ2n) is 8.20. The molecule has 0 spiro atoms. The number of primary amides is 1. The SMILES string of the molecule is NC(=O)C1(Cc2ccccc2-c2ccncc2)CCN(C(=O)COc2ccccc2)CC1. The van der Waals surface area contributed by atoms with Crippen molar-refractivity contribution in [2.75, 3.05) is 19.7 Å². The summed E-state index contributed by atoms with van der Waals surface area (Å²) in [5, 5.41) is 0. The number of aromatic nitrogens is 1. The van der Waals surface area contributed by atoms with Crippen LogP contribution in [0.1, 0.15) is 18.4 Å². The van der Waals surface area contributed by atoms with Crippen molar-refractivity contribution in [3.8, 4) is 16.9 Å². The highest BCUT2D eigenvalue weighted by Crippen LogP contribution is 2.37. The van der Waals surface area contributed by atoms with Gasteiger partial charge in [0.15, 0.2) is 6.61 Å². The summed E-state index contributed by atoms with van der Waals surface area (Å²) in [7, 11) is 0. The van der Waals surface area contributed by atoms with Gasteiger partial charge < -0.3 is 15.4 Å². The quantitative estimate of drug-likeness (QED) is 0.623. The Morgan fingerprint density at radius 1 is 0.938 bits per heavy atom. The number of hydrogen-bond acceptors (Lipinski definition) is 4. The van der Waals surface area contributed by atoms with Crippen LogP contribution in [0.25, 0.3) is 11.1 Å². The van der Waals surface area contributed by atoms with Gasteiger partial charge in [0.05, 0.1) is 5.41 Å². The summed E-state index contributed by atoms with van der Waals surface area (Å²) in [6.07, 6.45) is 5.13. The van der Waals surface area contributed by atoms with Crippen LogP contribution < -0.4 is 10.5 Å². The van der Waals surface area contributed by atoms with E-state index in [1.54, 1.807) is 17.3 Å². The monoisotopic (exact) mass is 429 g/mol. The van der Waals surface area contributed by atoms with E-state index in [0.29, 0.717) is 38.1 Å². The van der Waals surface area contributed by atoms with Crippen molar-refractivity contribution in [3.05, 3.63) is 84.7 Å². The summed E-state index contributed by atoms with van der Waals surface area (Å²) >= 11 is 0. The summed E-state index contributed by atoms with van der Waals surface area (Å²) in [6.45, 7) is 0.952. The van der Waals surface area contributed by atoms with E-state index in [-0.39, 0.29) is 18.4 Å². The van der Waals surface area contributed by atoms with Crippen LogP contribution in [0.2, 0.25) is 0 Å². The standard InChI is InChI=1S/C26H27N3O3/c27-25(31)26(18-21-6-4-5-9-23(21)20-10-14-28-15-11-20)12-16-29(17-13-26)24(30)19-32-22-7-2-1-3-8-22/h1-11,14-15H,12-13,16-19H2,(H2,27,31). The number of piperidine rings is 1. The highest BCUT2D eigenvalue weighted by Gasteiger charge is 2.41. The molecule has 6 nitrogen and oxygen atoms in total. The van der Waals surface area contributed by atoms with Crippen LogP contribution in [-0.2, 0) is 16.0 Å². The van der Waals surface area contributed by atoms with E-state index >= 15 is 0 Å². The number of amides is 2. The lowest BCUT2D eigenvalue weighted by Crippen LogP contribution is -2.50. The van der Waals surface area contributed by atoms with Crippen molar-refractivity contribution in [3.63, 3.8) is 0 Å². The highest BCUT2D eigenvalue weighted by molar-refractivity contribution is 5.83. The van der Waals surface area contributed by atoms with Crippen LogP contribution in [0.5, 0.6) is 5.75 Å². The summed E-state index contributed by atoms with van der Waals surface area (Å²) in [5.41, 5.74) is 8.44. The molecule has 2 aromatic carbocycles. The number of carbonyl (C=O) groups excluding carboxylic acids is 2. The van der Waals surface area contributed by atoms with Crippen LogP contribution in [0.4, 0.5) is 0 Å². The zero-order valence-electron chi connectivity index (χ0n) is 17.9. The molecule has 164 valence electrons. The molecular weight excluding hydrogens is 402 g/mol. The molecule has 0 atom stereocenters. The molecule has 3 aromatic rings. The molecule has 1 fully saturated rings. The predicted molar refractivity (Wildman–Crippen MR) is 123 cm³/mol. The topological polar surface area (TPSA) is 85.5 Å². The highest BCUT2D eigenvalue weighted by atomic mass is 16.5. The molecular formula is C26H27N3O3. The largest absolute Gasteiger partial charge is 0.484 e. The minimum absolute atomic E-state index is 0.0154. The number of hydrogen-bond donors (Lipinski definition) is 1. The number of nitrogens with two attached hydrogens (primary N) is 1. The third kappa shape index (κ3) is 4.80. The van der Waals surface area contributed by atoms with Crippen molar-refractivity contribution in [2.45, 2.75) is 19.3 Å². The zero-order valence-corrected chi connectivity index (χ0v) is 17.9. The van der Waals surface area contributed by atoms with Gasteiger partial charge >= 0.3 is 0 Å². The lowest BCUT2D eigenvalue weighted by atomic mass is 9.72. The minimum atomic E-state index is -0.680. The van der Waals surface area contributed by atoms with Crippen LogP contribution in [-0.4, -0.2) is 41.4 Å². The van der Waals surface area contributed by atoms with E-state index < -0.39 is 5.41 Å². The molecule has 32 heavy (non-hydrogen) atoms.